The topological polar surface area (TPSA) is 103 Å². The lowest BCUT2D eigenvalue weighted by Gasteiger charge is -2.29. The number of halogens is 2. The first-order valence-electron chi connectivity index (χ1n) is 11.4. The smallest absolute Gasteiger partial charge is 0.394 e. The van der Waals surface area contributed by atoms with Crippen molar-refractivity contribution in [3.05, 3.63) is 42.5 Å². The molecular formula is C24H30F2N2O6S. The van der Waals surface area contributed by atoms with E-state index in [0.29, 0.717) is 32.2 Å². The van der Waals surface area contributed by atoms with Gasteiger partial charge < -0.3 is 19.5 Å². The molecule has 0 unspecified atom stereocenters. The second-order valence-corrected chi connectivity index (χ2v) is 9.92. The second kappa shape index (κ2) is 11.2. The van der Waals surface area contributed by atoms with Gasteiger partial charge in [0.15, 0.2) is 0 Å². The molecule has 2 N–H and O–H groups in total. The standard InChI is InChI=1S/C24H30F2N2O6S/c1-4-16-15-32-12-11-20(16)23(29)27-17-9-10-22(21(14-17)33-5-2)35(30,31)28-18-7-6-8-19(13-18)34-24(3,25)26/h6-10,13-14,16,20,28H,4-5,11-12,15H2,1-3H3,(H,27,29)/t16-,20+/m1/s1. The summed E-state index contributed by atoms with van der Waals surface area (Å²) in [7, 11) is -4.15. The van der Waals surface area contributed by atoms with Crippen LogP contribution in [0.15, 0.2) is 47.4 Å². The van der Waals surface area contributed by atoms with Gasteiger partial charge in [0.1, 0.15) is 16.4 Å². The molecule has 1 heterocycles. The number of benzene rings is 2. The third kappa shape index (κ3) is 7.28. The minimum Gasteiger partial charge on any atom is -0.492 e. The number of nitrogens with one attached hydrogen (secondary N) is 2. The van der Waals surface area contributed by atoms with Gasteiger partial charge in [-0.25, -0.2) is 8.42 Å². The third-order valence-electron chi connectivity index (χ3n) is 5.52. The van der Waals surface area contributed by atoms with Gasteiger partial charge >= 0.3 is 6.11 Å². The maximum absolute atomic E-state index is 13.2. The number of carbonyl (C=O) groups excluding carboxylic acids is 1. The number of alkyl halides is 2. The number of amides is 1. The lowest BCUT2D eigenvalue weighted by atomic mass is 9.86. The molecule has 1 saturated heterocycles. The van der Waals surface area contributed by atoms with Crippen LogP contribution in [0.1, 0.15) is 33.6 Å². The molecule has 1 aliphatic rings. The van der Waals surface area contributed by atoms with Crippen molar-refractivity contribution < 1.29 is 36.2 Å². The summed E-state index contributed by atoms with van der Waals surface area (Å²) in [4.78, 5) is 12.7. The molecule has 2 aromatic carbocycles. The Bertz CT molecular complexity index is 1140. The highest BCUT2D eigenvalue weighted by Gasteiger charge is 2.31. The first-order chi connectivity index (χ1) is 16.5. The number of sulfonamides is 1. The van der Waals surface area contributed by atoms with Gasteiger partial charge in [0.05, 0.1) is 18.9 Å². The van der Waals surface area contributed by atoms with Crippen molar-refractivity contribution in [3.8, 4) is 11.5 Å². The molecule has 35 heavy (non-hydrogen) atoms. The van der Waals surface area contributed by atoms with Crippen LogP contribution in [-0.4, -0.2) is 40.3 Å². The van der Waals surface area contributed by atoms with Crippen LogP contribution >= 0.6 is 0 Å². The van der Waals surface area contributed by atoms with Crippen molar-refractivity contribution in [2.75, 3.05) is 29.9 Å². The summed E-state index contributed by atoms with van der Waals surface area (Å²) in [5, 5.41) is 2.86. The van der Waals surface area contributed by atoms with Crippen LogP contribution in [0.4, 0.5) is 20.2 Å². The molecule has 0 radical (unpaired) electrons. The van der Waals surface area contributed by atoms with Crippen molar-refractivity contribution in [2.24, 2.45) is 11.8 Å². The lowest BCUT2D eigenvalue weighted by molar-refractivity contribution is -0.158. The van der Waals surface area contributed by atoms with Crippen molar-refractivity contribution >= 4 is 27.3 Å². The molecule has 0 bridgehead atoms. The zero-order chi connectivity index (χ0) is 25.6. The zero-order valence-corrected chi connectivity index (χ0v) is 20.7. The summed E-state index contributed by atoms with van der Waals surface area (Å²) in [6, 6.07) is 9.50. The van der Waals surface area contributed by atoms with Crippen molar-refractivity contribution in [1.82, 2.24) is 0 Å². The quantitative estimate of drug-likeness (QED) is 0.471. The normalized spacial score (nSPS) is 18.5. The van der Waals surface area contributed by atoms with Gasteiger partial charge in [-0.15, -0.1) is 0 Å². The van der Waals surface area contributed by atoms with E-state index < -0.39 is 16.1 Å². The zero-order valence-electron chi connectivity index (χ0n) is 19.8. The van der Waals surface area contributed by atoms with Crippen LogP contribution in [0, 0.1) is 11.8 Å². The average Bonchev–Trinajstić information content (AvgIpc) is 2.78. The number of hydrogen-bond acceptors (Lipinski definition) is 6. The number of anilines is 2. The van der Waals surface area contributed by atoms with Gasteiger partial charge in [0, 0.05) is 37.3 Å². The molecule has 192 valence electrons. The Kier molecular flexibility index (Phi) is 8.55. The Morgan fingerprint density at radius 2 is 1.94 bits per heavy atom. The van der Waals surface area contributed by atoms with E-state index in [1.54, 1.807) is 6.92 Å². The fourth-order valence-corrected chi connectivity index (χ4v) is 5.07. The molecule has 1 amide bonds. The molecule has 0 saturated carbocycles. The van der Waals surface area contributed by atoms with Gasteiger partial charge in [0.25, 0.3) is 10.0 Å². The SMILES string of the molecule is CCOc1cc(NC(=O)[C@H]2CCOC[C@H]2CC)ccc1S(=O)(=O)Nc1cccc(OC(C)(F)F)c1. The molecule has 2 aromatic rings. The Hall–Kier alpha value is -2.92. The number of rotatable bonds is 10. The summed E-state index contributed by atoms with van der Waals surface area (Å²) in [6.45, 7) is 5.53. The highest BCUT2D eigenvalue weighted by molar-refractivity contribution is 7.92. The monoisotopic (exact) mass is 512 g/mol. The van der Waals surface area contributed by atoms with Crippen LogP contribution in [0.2, 0.25) is 0 Å². The molecular weight excluding hydrogens is 482 g/mol. The highest BCUT2D eigenvalue weighted by atomic mass is 32.2. The van der Waals surface area contributed by atoms with Gasteiger partial charge in [-0.2, -0.15) is 8.78 Å². The summed E-state index contributed by atoms with van der Waals surface area (Å²) in [5.41, 5.74) is 0.441. The van der Waals surface area contributed by atoms with E-state index in [1.807, 2.05) is 6.92 Å². The number of ether oxygens (including phenoxy) is 3. The Balaban J connectivity index is 1.81. The van der Waals surface area contributed by atoms with Gasteiger partial charge in [-0.1, -0.05) is 19.4 Å². The molecule has 1 aliphatic heterocycles. The molecule has 3 rings (SSSR count). The largest absolute Gasteiger partial charge is 0.492 e. The number of carbonyl (C=O) groups is 1. The predicted molar refractivity (Wildman–Crippen MR) is 127 cm³/mol. The van der Waals surface area contributed by atoms with E-state index >= 15 is 0 Å². The van der Waals surface area contributed by atoms with Crippen LogP contribution < -0.4 is 19.5 Å². The average molecular weight is 513 g/mol. The van der Waals surface area contributed by atoms with Crippen molar-refractivity contribution in [1.29, 1.82) is 0 Å². The summed E-state index contributed by atoms with van der Waals surface area (Å²) >= 11 is 0. The van der Waals surface area contributed by atoms with Gasteiger partial charge in [-0.3, -0.25) is 9.52 Å². The predicted octanol–water partition coefficient (Wildman–Crippen LogP) is 4.88. The van der Waals surface area contributed by atoms with E-state index in [-0.39, 0.29) is 46.4 Å². The third-order valence-corrected chi connectivity index (χ3v) is 6.94. The molecule has 8 nitrogen and oxygen atoms in total. The van der Waals surface area contributed by atoms with Crippen LogP contribution in [0.5, 0.6) is 11.5 Å². The van der Waals surface area contributed by atoms with E-state index in [9.17, 15) is 22.0 Å². The highest BCUT2D eigenvalue weighted by Crippen LogP contribution is 2.32. The van der Waals surface area contributed by atoms with Crippen LogP contribution in [-0.2, 0) is 19.6 Å². The fraction of sp³-hybridized carbons (Fsp3) is 0.458. The lowest BCUT2D eigenvalue weighted by Crippen LogP contribution is -2.36. The molecule has 0 aromatic heterocycles. The van der Waals surface area contributed by atoms with Crippen LogP contribution in [0.3, 0.4) is 0 Å². The van der Waals surface area contributed by atoms with Crippen LogP contribution in [0.25, 0.3) is 0 Å². The molecule has 0 aliphatic carbocycles. The second-order valence-electron chi connectivity index (χ2n) is 8.27. The first-order valence-corrected chi connectivity index (χ1v) is 12.9. The maximum atomic E-state index is 13.2. The number of hydrogen-bond donors (Lipinski definition) is 2. The van der Waals surface area contributed by atoms with Crippen molar-refractivity contribution in [2.45, 2.75) is 44.6 Å². The molecule has 11 heteroatoms. The van der Waals surface area contributed by atoms with E-state index in [4.69, 9.17) is 9.47 Å². The Morgan fingerprint density at radius 3 is 2.63 bits per heavy atom. The van der Waals surface area contributed by atoms with E-state index in [2.05, 4.69) is 14.8 Å². The van der Waals surface area contributed by atoms with Crippen molar-refractivity contribution in [3.63, 3.8) is 0 Å². The maximum Gasteiger partial charge on any atom is 0.394 e. The van der Waals surface area contributed by atoms with E-state index in [1.165, 1.54) is 36.4 Å². The summed E-state index contributed by atoms with van der Waals surface area (Å²) in [6.07, 6.45) is -1.99. The minimum absolute atomic E-state index is 0.0386. The fourth-order valence-electron chi connectivity index (χ4n) is 3.90. The molecule has 0 spiro atoms. The Labute approximate surface area is 204 Å². The van der Waals surface area contributed by atoms with E-state index in [0.717, 1.165) is 12.5 Å². The summed E-state index contributed by atoms with van der Waals surface area (Å²) < 4.78 is 70.3. The first kappa shape index (κ1) is 26.7. The summed E-state index contributed by atoms with van der Waals surface area (Å²) in [5.74, 6) is -0.379. The molecule has 1 fully saturated rings. The minimum atomic E-state index is -4.15. The van der Waals surface area contributed by atoms with Gasteiger partial charge in [-0.05, 0) is 43.5 Å². The molecule has 2 atom stereocenters. The Morgan fingerprint density at radius 1 is 1.17 bits per heavy atom. The van der Waals surface area contributed by atoms with Gasteiger partial charge in [0.2, 0.25) is 5.91 Å².